The number of phenols is 1. The van der Waals surface area contributed by atoms with Crippen molar-refractivity contribution in [2.24, 2.45) is 5.92 Å². The van der Waals surface area contributed by atoms with E-state index in [1.807, 2.05) is 18.2 Å². The lowest BCUT2D eigenvalue weighted by Crippen LogP contribution is -2.25. The number of nitrogens with zero attached hydrogens (tertiary/aromatic N) is 2. The van der Waals surface area contributed by atoms with E-state index in [-0.39, 0.29) is 11.7 Å². The molecule has 0 bridgehead atoms. The highest BCUT2D eigenvalue weighted by Gasteiger charge is 2.27. The zero-order valence-electron chi connectivity index (χ0n) is 15.2. The van der Waals surface area contributed by atoms with Crippen LogP contribution in [0, 0.1) is 5.92 Å². The van der Waals surface area contributed by atoms with E-state index in [2.05, 4.69) is 22.3 Å². The maximum atomic E-state index is 13.1. The third-order valence-electron chi connectivity index (χ3n) is 6.07. The number of aromatic hydroxyl groups is 1. The van der Waals surface area contributed by atoms with E-state index in [1.165, 1.54) is 36.8 Å². The van der Waals surface area contributed by atoms with Gasteiger partial charge in [0.1, 0.15) is 5.75 Å². The molecule has 1 amide bonds. The predicted octanol–water partition coefficient (Wildman–Crippen LogP) is 4.16. The number of nitrogens with one attached hydrogen (secondary N) is 1. The minimum atomic E-state index is -0.126. The maximum absolute atomic E-state index is 13.1. The average Bonchev–Trinajstić information content (AvgIpc) is 3.40. The van der Waals surface area contributed by atoms with Gasteiger partial charge in [0.25, 0.3) is 5.91 Å². The number of phenolic OH excluding ortho intramolecular Hbond substituents is 1. The minimum Gasteiger partial charge on any atom is -0.507 e. The van der Waals surface area contributed by atoms with Crippen LogP contribution < -0.4 is 0 Å². The number of fused-ring (bicyclic) bond motifs is 2. The summed E-state index contributed by atoms with van der Waals surface area (Å²) in [6, 6.07) is 11.6. The summed E-state index contributed by atoms with van der Waals surface area (Å²) in [6.45, 7) is 1.18. The maximum Gasteiger partial charge on any atom is 0.258 e. The lowest BCUT2D eigenvalue weighted by molar-refractivity contribution is 0.0748. The summed E-state index contributed by atoms with van der Waals surface area (Å²) in [5, 5.41) is 18.9. The third kappa shape index (κ3) is 2.87. The molecule has 1 fully saturated rings. The molecule has 0 radical (unpaired) electrons. The molecular formula is C22H23N3O2. The van der Waals surface area contributed by atoms with Crippen molar-refractivity contribution in [2.75, 3.05) is 0 Å². The Hall–Kier alpha value is -2.82. The molecule has 1 saturated carbocycles. The van der Waals surface area contributed by atoms with E-state index in [0.29, 0.717) is 24.6 Å². The smallest absolute Gasteiger partial charge is 0.258 e. The average molecular weight is 361 g/mol. The number of rotatable bonds is 3. The van der Waals surface area contributed by atoms with Crippen LogP contribution in [0.2, 0.25) is 0 Å². The molecule has 5 rings (SSSR count). The third-order valence-corrected chi connectivity index (χ3v) is 6.07. The molecule has 5 heteroatoms. The van der Waals surface area contributed by atoms with Crippen molar-refractivity contribution < 1.29 is 9.90 Å². The van der Waals surface area contributed by atoms with Crippen molar-refractivity contribution in [1.82, 2.24) is 15.1 Å². The highest BCUT2D eigenvalue weighted by molar-refractivity contribution is 6.01. The first-order valence-corrected chi connectivity index (χ1v) is 9.75. The minimum absolute atomic E-state index is 0.0134. The number of H-pyrrole nitrogens is 1. The molecule has 2 N–H and O–H groups in total. The molecular weight excluding hydrogens is 338 g/mol. The second kappa shape index (κ2) is 6.41. The van der Waals surface area contributed by atoms with Gasteiger partial charge < -0.3 is 10.0 Å². The van der Waals surface area contributed by atoms with Gasteiger partial charge in [0, 0.05) is 24.5 Å². The summed E-state index contributed by atoms with van der Waals surface area (Å²) < 4.78 is 0. The summed E-state index contributed by atoms with van der Waals surface area (Å²) >= 11 is 0. The van der Waals surface area contributed by atoms with Gasteiger partial charge in [-0.2, -0.15) is 5.10 Å². The summed E-state index contributed by atoms with van der Waals surface area (Å²) in [6.07, 6.45) is 6.04. The Kier molecular flexibility index (Phi) is 3.88. The highest BCUT2D eigenvalue weighted by Crippen LogP contribution is 2.33. The fourth-order valence-electron chi connectivity index (χ4n) is 4.57. The van der Waals surface area contributed by atoms with Crippen LogP contribution in [-0.4, -0.2) is 26.1 Å². The standard InChI is InChI=1S/C22H23N3O2/c26-21-11-20-17(19(23-24-20)9-14-5-1-2-6-14)10-18(21)22(27)25-12-15-7-3-4-8-16(15)13-25/h3-4,7-8,10-11,14,26H,1-2,5-6,9,12-13H2,(H,23,24). The SMILES string of the molecule is O=C(c1cc2c(CC3CCCC3)n[nH]c2cc1O)N1Cc2ccccc2C1. The summed E-state index contributed by atoms with van der Waals surface area (Å²) in [7, 11) is 0. The fourth-order valence-corrected chi connectivity index (χ4v) is 4.57. The summed E-state index contributed by atoms with van der Waals surface area (Å²) in [4.78, 5) is 14.9. The number of aromatic amines is 1. The number of carbonyl (C=O) groups is 1. The lowest BCUT2D eigenvalue weighted by atomic mass is 9.99. The molecule has 0 saturated heterocycles. The van der Waals surface area contributed by atoms with Gasteiger partial charge in [-0.25, -0.2) is 0 Å². The number of aromatic nitrogens is 2. The first kappa shape index (κ1) is 16.4. The molecule has 5 nitrogen and oxygen atoms in total. The zero-order valence-corrected chi connectivity index (χ0v) is 15.2. The van der Waals surface area contributed by atoms with E-state index >= 15 is 0 Å². The monoisotopic (exact) mass is 361 g/mol. The largest absolute Gasteiger partial charge is 0.507 e. The van der Waals surface area contributed by atoms with Crippen LogP contribution in [0.4, 0.5) is 0 Å². The molecule has 2 heterocycles. The molecule has 0 spiro atoms. The predicted molar refractivity (Wildman–Crippen MR) is 103 cm³/mol. The molecule has 0 atom stereocenters. The van der Waals surface area contributed by atoms with E-state index in [1.54, 1.807) is 11.0 Å². The van der Waals surface area contributed by atoms with Crippen LogP contribution in [0.25, 0.3) is 10.9 Å². The van der Waals surface area contributed by atoms with Crippen molar-refractivity contribution in [1.29, 1.82) is 0 Å². The van der Waals surface area contributed by atoms with Crippen molar-refractivity contribution in [3.05, 3.63) is 58.8 Å². The van der Waals surface area contributed by atoms with Crippen molar-refractivity contribution in [3.8, 4) is 5.75 Å². The Balaban J connectivity index is 1.46. The Bertz CT molecular complexity index is 993. The van der Waals surface area contributed by atoms with Gasteiger partial charge in [-0.15, -0.1) is 0 Å². The Morgan fingerprint density at radius 2 is 1.85 bits per heavy atom. The van der Waals surface area contributed by atoms with Crippen LogP contribution in [0.5, 0.6) is 5.75 Å². The molecule has 2 aromatic carbocycles. The second-order valence-corrected chi connectivity index (χ2v) is 7.87. The molecule has 0 unspecified atom stereocenters. The molecule has 3 aromatic rings. The topological polar surface area (TPSA) is 69.2 Å². The van der Waals surface area contributed by atoms with Crippen LogP contribution in [0.15, 0.2) is 36.4 Å². The van der Waals surface area contributed by atoms with Gasteiger partial charge in [0.05, 0.1) is 16.8 Å². The van der Waals surface area contributed by atoms with E-state index < -0.39 is 0 Å². The van der Waals surface area contributed by atoms with Gasteiger partial charge in [-0.05, 0) is 29.5 Å². The van der Waals surface area contributed by atoms with Gasteiger partial charge in [0.2, 0.25) is 0 Å². The van der Waals surface area contributed by atoms with Crippen LogP contribution >= 0.6 is 0 Å². The second-order valence-electron chi connectivity index (χ2n) is 7.87. The number of benzene rings is 2. The molecule has 138 valence electrons. The Morgan fingerprint density at radius 3 is 2.56 bits per heavy atom. The summed E-state index contributed by atoms with van der Waals surface area (Å²) in [5.41, 5.74) is 4.52. The zero-order chi connectivity index (χ0) is 18.4. The fraction of sp³-hybridized carbons (Fsp3) is 0.364. The van der Waals surface area contributed by atoms with E-state index in [0.717, 1.165) is 23.0 Å². The van der Waals surface area contributed by atoms with E-state index in [9.17, 15) is 9.90 Å². The molecule has 1 aromatic heterocycles. The number of hydrogen-bond acceptors (Lipinski definition) is 3. The van der Waals surface area contributed by atoms with Crippen LogP contribution in [0.3, 0.4) is 0 Å². The Morgan fingerprint density at radius 1 is 1.15 bits per heavy atom. The van der Waals surface area contributed by atoms with Crippen molar-refractivity contribution in [3.63, 3.8) is 0 Å². The first-order chi connectivity index (χ1) is 13.2. The highest BCUT2D eigenvalue weighted by atomic mass is 16.3. The van der Waals surface area contributed by atoms with Gasteiger partial charge in [-0.3, -0.25) is 9.89 Å². The summed E-state index contributed by atoms with van der Waals surface area (Å²) in [5.74, 6) is 0.565. The van der Waals surface area contributed by atoms with E-state index in [4.69, 9.17) is 0 Å². The molecule has 1 aliphatic heterocycles. The lowest BCUT2D eigenvalue weighted by Gasteiger charge is -2.16. The quantitative estimate of drug-likeness (QED) is 0.736. The van der Waals surface area contributed by atoms with Gasteiger partial charge in [0.15, 0.2) is 0 Å². The molecule has 1 aliphatic carbocycles. The van der Waals surface area contributed by atoms with Gasteiger partial charge in [-0.1, -0.05) is 49.9 Å². The Labute approximate surface area is 158 Å². The van der Waals surface area contributed by atoms with Crippen molar-refractivity contribution >= 4 is 16.8 Å². The normalized spacial score (nSPS) is 17.0. The van der Waals surface area contributed by atoms with Crippen molar-refractivity contribution in [2.45, 2.75) is 45.2 Å². The first-order valence-electron chi connectivity index (χ1n) is 9.75. The number of carbonyl (C=O) groups excluding carboxylic acids is 1. The number of hydrogen-bond donors (Lipinski definition) is 2. The number of amides is 1. The van der Waals surface area contributed by atoms with Crippen LogP contribution in [-0.2, 0) is 19.5 Å². The molecule has 27 heavy (non-hydrogen) atoms. The van der Waals surface area contributed by atoms with Crippen LogP contribution in [0.1, 0.15) is 52.9 Å². The molecule has 2 aliphatic rings. The van der Waals surface area contributed by atoms with Gasteiger partial charge >= 0.3 is 0 Å².